The first-order valence-corrected chi connectivity index (χ1v) is 6.40. The lowest BCUT2D eigenvalue weighted by Gasteiger charge is -2.22. The molecule has 0 saturated carbocycles. The number of thiophene rings is 1. The Labute approximate surface area is 100 Å². The number of aliphatic hydroxyl groups is 1. The summed E-state index contributed by atoms with van der Waals surface area (Å²) in [6.07, 6.45) is 1.44. The van der Waals surface area contributed by atoms with Crippen LogP contribution in [0.5, 0.6) is 0 Å². The number of nitrogens with one attached hydrogen (secondary N) is 1. The Bertz CT molecular complexity index is 299. The maximum absolute atomic E-state index is 10.1. The van der Waals surface area contributed by atoms with Crippen LogP contribution in [0.3, 0.4) is 0 Å². The summed E-state index contributed by atoms with van der Waals surface area (Å²) in [5, 5.41) is 13.3. The lowest BCUT2D eigenvalue weighted by Crippen LogP contribution is -2.31. The van der Waals surface area contributed by atoms with Crippen molar-refractivity contribution in [3.05, 3.63) is 21.3 Å². The third kappa shape index (κ3) is 4.98. The lowest BCUT2D eigenvalue weighted by atomic mass is 9.97. The fourth-order valence-corrected chi connectivity index (χ4v) is 2.71. The van der Waals surface area contributed by atoms with Crippen LogP contribution in [0.25, 0.3) is 0 Å². The van der Waals surface area contributed by atoms with Crippen LogP contribution in [0.1, 0.15) is 25.1 Å². The van der Waals surface area contributed by atoms with E-state index in [4.69, 9.17) is 11.6 Å². The van der Waals surface area contributed by atoms with Gasteiger partial charge in [-0.05, 0) is 38.6 Å². The molecule has 1 heterocycles. The molecule has 1 aromatic heterocycles. The molecule has 0 fully saturated rings. The third-order valence-electron chi connectivity index (χ3n) is 2.27. The number of halogens is 1. The fourth-order valence-electron chi connectivity index (χ4n) is 1.44. The van der Waals surface area contributed by atoms with E-state index in [1.165, 1.54) is 11.3 Å². The zero-order valence-corrected chi connectivity index (χ0v) is 10.8. The first-order valence-electron chi connectivity index (χ1n) is 5.21. The molecule has 4 heteroatoms. The van der Waals surface area contributed by atoms with Crippen molar-refractivity contribution < 1.29 is 5.11 Å². The standard InChI is InChI=1S/C11H18ClNOS/c1-3-13-7-6-11(2,14)8-9-4-5-10(12)15-9/h4-5,13-14H,3,6-8H2,1-2H3. The Kier molecular flexibility index (Phi) is 5.06. The molecule has 86 valence electrons. The molecule has 1 unspecified atom stereocenters. The van der Waals surface area contributed by atoms with E-state index < -0.39 is 5.60 Å². The van der Waals surface area contributed by atoms with Crippen molar-refractivity contribution in [2.75, 3.05) is 13.1 Å². The van der Waals surface area contributed by atoms with Gasteiger partial charge in [0.1, 0.15) is 0 Å². The second kappa shape index (κ2) is 5.85. The molecular formula is C11H18ClNOS. The predicted octanol–water partition coefficient (Wildman–Crippen LogP) is 2.69. The van der Waals surface area contributed by atoms with Crippen LogP contribution >= 0.6 is 22.9 Å². The van der Waals surface area contributed by atoms with Crippen molar-refractivity contribution in [3.8, 4) is 0 Å². The molecule has 0 saturated heterocycles. The normalized spacial score (nSPS) is 15.2. The minimum Gasteiger partial charge on any atom is -0.390 e. The number of rotatable bonds is 6. The summed E-state index contributed by atoms with van der Waals surface area (Å²) >= 11 is 7.38. The molecule has 0 aliphatic rings. The van der Waals surface area contributed by atoms with Crippen LogP contribution in [-0.2, 0) is 6.42 Å². The highest BCUT2D eigenvalue weighted by atomic mass is 35.5. The van der Waals surface area contributed by atoms with Crippen molar-refractivity contribution in [1.29, 1.82) is 0 Å². The first kappa shape index (κ1) is 13.0. The molecule has 0 aliphatic heterocycles. The van der Waals surface area contributed by atoms with Crippen LogP contribution in [-0.4, -0.2) is 23.8 Å². The maximum atomic E-state index is 10.1. The van der Waals surface area contributed by atoms with E-state index in [9.17, 15) is 5.11 Å². The van der Waals surface area contributed by atoms with Crippen molar-refractivity contribution in [3.63, 3.8) is 0 Å². The van der Waals surface area contributed by atoms with E-state index in [1.54, 1.807) is 0 Å². The summed E-state index contributed by atoms with van der Waals surface area (Å²) in [6, 6.07) is 3.86. The van der Waals surface area contributed by atoms with Crippen LogP contribution < -0.4 is 5.32 Å². The summed E-state index contributed by atoms with van der Waals surface area (Å²) in [5.41, 5.74) is -0.643. The molecule has 0 radical (unpaired) electrons. The van der Waals surface area contributed by atoms with Gasteiger partial charge in [-0.25, -0.2) is 0 Å². The average Bonchev–Trinajstić information content (AvgIpc) is 2.50. The van der Waals surface area contributed by atoms with Gasteiger partial charge >= 0.3 is 0 Å². The third-order valence-corrected chi connectivity index (χ3v) is 3.51. The second-order valence-corrected chi connectivity index (χ2v) is 5.78. The van der Waals surface area contributed by atoms with E-state index in [0.29, 0.717) is 6.42 Å². The SMILES string of the molecule is CCNCCC(C)(O)Cc1ccc(Cl)s1. The number of hydrogen-bond donors (Lipinski definition) is 2. The zero-order chi connectivity index (χ0) is 11.3. The van der Waals surface area contributed by atoms with Crippen molar-refractivity contribution >= 4 is 22.9 Å². The Hall–Kier alpha value is -0.0900. The van der Waals surface area contributed by atoms with E-state index in [2.05, 4.69) is 12.2 Å². The smallest absolute Gasteiger partial charge is 0.0931 e. The first-order chi connectivity index (χ1) is 7.03. The van der Waals surface area contributed by atoms with E-state index >= 15 is 0 Å². The topological polar surface area (TPSA) is 32.3 Å². The molecular weight excluding hydrogens is 230 g/mol. The average molecular weight is 248 g/mol. The van der Waals surface area contributed by atoms with E-state index in [-0.39, 0.29) is 0 Å². The Balaban J connectivity index is 2.41. The van der Waals surface area contributed by atoms with Crippen molar-refractivity contribution in [2.45, 2.75) is 32.3 Å². The van der Waals surface area contributed by atoms with E-state index in [1.807, 2.05) is 19.1 Å². The van der Waals surface area contributed by atoms with Gasteiger partial charge in [0.25, 0.3) is 0 Å². The fraction of sp³-hybridized carbons (Fsp3) is 0.636. The summed E-state index contributed by atoms with van der Waals surface area (Å²) in [5.74, 6) is 0. The summed E-state index contributed by atoms with van der Waals surface area (Å²) in [6.45, 7) is 5.73. The quantitative estimate of drug-likeness (QED) is 0.758. The molecule has 0 aromatic carbocycles. The van der Waals surface area contributed by atoms with Gasteiger partial charge in [-0.3, -0.25) is 0 Å². The summed E-state index contributed by atoms with van der Waals surface area (Å²) < 4.78 is 0.785. The van der Waals surface area contributed by atoms with Gasteiger partial charge in [0.05, 0.1) is 9.94 Å². The van der Waals surface area contributed by atoms with Crippen molar-refractivity contribution in [1.82, 2.24) is 5.32 Å². The highest BCUT2D eigenvalue weighted by Crippen LogP contribution is 2.26. The van der Waals surface area contributed by atoms with Crippen LogP contribution in [0.2, 0.25) is 4.34 Å². The molecule has 2 nitrogen and oxygen atoms in total. The second-order valence-electron chi connectivity index (χ2n) is 3.98. The van der Waals surface area contributed by atoms with Gasteiger partial charge in [0.15, 0.2) is 0 Å². The molecule has 1 atom stereocenters. The van der Waals surface area contributed by atoms with Gasteiger partial charge in [-0.15, -0.1) is 11.3 Å². The molecule has 15 heavy (non-hydrogen) atoms. The minimum atomic E-state index is -0.643. The summed E-state index contributed by atoms with van der Waals surface area (Å²) in [4.78, 5) is 1.14. The number of hydrogen-bond acceptors (Lipinski definition) is 3. The highest BCUT2D eigenvalue weighted by Gasteiger charge is 2.21. The predicted molar refractivity (Wildman–Crippen MR) is 66.8 cm³/mol. The van der Waals surface area contributed by atoms with Crippen LogP contribution in [0.4, 0.5) is 0 Å². The zero-order valence-electron chi connectivity index (χ0n) is 9.22. The molecule has 0 amide bonds. The highest BCUT2D eigenvalue weighted by molar-refractivity contribution is 7.16. The molecule has 0 spiro atoms. The molecule has 1 aromatic rings. The van der Waals surface area contributed by atoms with Crippen molar-refractivity contribution in [2.24, 2.45) is 0 Å². The van der Waals surface area contributed by atoms with Gasteiger partial charge in [0.2, 0.25) is 0 Å². The Morgan fingerprint density at radius 3 is 2.80 bits per heavy atom. The minimum absolute atomic E-state index is 0.643. The molecule has 0 aliphatic carbocycles. The summed E-state index contributed by atoms with van der Waals surface area (Å²) in [7, 11) is 0. The van der Waals surface area contributed by atoms with Gasteiger partial charge in [0, 0.05) is 11.3 Å². The van der Waals surface area contributed by atoms with Gasteiger partial charge in [-0.2, -0.15) is 0 Å². The Morgan fingerprint density at radius 1 is 1.53 bits per heavy atom. The lowest BCUT2D eigenvalue weighted by molar-refractivity contribution is 0.0525. The van der Waals surface area contributed by atoms with Crippen LogP contribution in [0.15, 0.2) is 12.1 Å². The largest absolute Gasteiger partial charge is 0.390 e. The van der Waals surface area contributed by atoms with Gasteiger partial charge in [-0.1, -0.05) is 18.5 Å². The Morgan fingerprint density at radius 2 is 2.27 bits per heavy atom. The monoisotopic (exact) mass is 247 g/mol. The maximum Gasteiger partial charge on any atom is 0.0931 e. The molecule has 0 bridgehead atoms. The molecule has 2 N–H and O–H groups in total. The van der Waals surface area contributed by atoms with Gasteiger partial charge < -0.3 is 10.4 Å². The van der Waals surface area contributed by atoms with Crippen LogP contribution in [0, 0.1) is 0 Å². The molecule has 1 rings (SSSR count). The van der Waals surface area contributed by atoms with E-state index in [0.717, 1.165) is 28.7 Å².